The number of ether oxygens (including phenoxy) is 1. The Hall–Kier alpha value is -3.06. The highest BCUT2D eigenvalue weighted by Gasteiger charge is 2.23. The second-order valence-corrected chi connectivity index (χ2v) is 8.31. The number of nitrogens with one attached hydrogen (secondary N) is 1. The second kappa shape index (κ2) is 8.98. The minimum atomic E-state index is 0.0410. The summed E-state index contributed by atoms with van der Waals surface area (Å²) in [5.74, 6) is 1.64. The summed E-state index contributed by atoms with van der Waals surface area (Å²) in [6.45, 7) is 7.03. The summed E-state index contributed by atoms with van der Waals surface area (Å²) in [6.07, 6.45) is 0.983. The van der Waals surface area contributed by atoms with E-state index < -0.39 is 0 Å². The molecule has 31 heavy (non-hydrogen) atoms. The van der Waals surface area contributed by atoms with Crippen LogP contribution in [0.5, 0.6) is 5.75 Å². The highest BCUT2D eigenvalue weighted by Crippen LogP contribution is 2.31. The molecule has 1 N–H and O–H groups in total. The van der Waals surface area contributed by atoms with Gasteiger partial charge in [0.15, 0.2) is 0 Å². The first-order valence-corrected chi connectivity index (χ1v) is 10.7. The van der Waals surface area contributed by atoms with Crippen molar-refractivity contribution in [3.63, 3.8) is 0 Å². The summed E-state index contributed by atoms with van der Waals surface area (Å²) in [4.78, 5) is 17.9. The Morgan fingerprint density at radius 1 is 1.23 bits per heavy atom. The topological polar surface area (TPSA) is 80.5 Å². The number of hydrogen-bond donors (Lipinski definition) is 1. The standard InChI is InChI=1S/C23H25ClN4O3/c1-14(2)30-21-9-6-17(12-20(21)24)22-26-23(31-27-22)16-4-7-18(8-5-16)25-19-10-11-28(13-19)15(3)29/h4-9,12,14,19,25H,10-11,13H2,1-3H3/t19-/m0/s1. The van der Waals surface area contributed by atoms with Gasteiger partial charge in [-0.25, -0.2) is 0 Å². The minimum absolute atomic E-state index is 0.0410. The van der Waals surface area contributed by atoms with Crippen molar-refractivity contribution in [2.24, 2.45) is 0 Å². The average molecular weight is 441 g/mol. The van der Waals surface area contributed by atoms with Crippen molar-refractivity contribution in [1.82, 2.24) is 15.0 Å². The van der Waals surface area contributed by atoms with Crippen LogP contribution in [0.3, 0.4) is 0 Å². The lowest BCUT2D eigenvalue weighted by molar-refractivity contribution is -0.127. The van der Waals surface area contributed by atoms with Crippen molar-refractivity contribution < 1.29 is 14.1 Å². The fourth-order valence-electron chi connectivity index (χ4n) is 3.56. The molecular formula is C23H25ClN4O3. The van der Waals surface area contributed by atoms with Gasteiger partial charge in [-0.2, -0.15) is 4.98 Å². The van der Waals surface area contributed by atoms with E-state index in [9.17, 15) is 4.79 Å². The SMILES string of the molecule is CC(=O)N1CC[C@H](Nc2ccc(-c3nc(-c4ccc(OC(C)C)c(Cl)c4)no3)cc2)C1. The molecule has 8 heteroatoms. The molecule has 0 aliphatic carbocycles. The van der Waals surface area contributed by atoms with Gasteiger partial charge < -0.3 is 19.5 Å². The van der Waals surface area contributed by atoms with Crippen molar-refractivity contribution in [2.75, 3.05) is 18.4 Å². The number of rotatable bonds is 6. The first-order valence-electron chi connectivity index (χ1n) is 10.3. The quantitative estimate of drug-likeness (QED) is 0.588. The molecule has 1 atom stereocenters. The van der Waals surface area contributed by atoms with Crippen LogP contribution >= 0.6 is 11.6 Å². The van der Waals surface area contributed by atoms with E-state index in [4.69, 9.17) is 20.9 Å². The van der Waals surface area contributed by atoms with E-state index in [1.165, 1.54) is 0 Å². The van der Waals surface area contributed by atoms with E-state index in [1.807, 2.05) is 55.1 Å². The average Bonchev–Trinajstić information content (AvgIpc) is 3.40. The number of hydrogen-bond acceptors (Lipinski definition) is 6. The predicted molar refractivity (Wildman–Crippen MR) is 120 cm³/mol. The molecule has 4 rings (SSSR count). The molecule has 0 saturated carbocycles. The Balaban J connectivity index is 1.43. The molecule has 0 bridgehead atoms. The lowest BCUT2D eigenvalue weighted by atomic mass is 10.1. The number of nitrogens with zero attached hydrogens (tertiary/aromatic N) is 3. The molecule has 1 aliphatic rings. The zero-order valence-corrected chi connectivity index (χ0v) is 18.5. The maximum absolute atomic E-state index is 11.5. The van der Waals surface area contributed by atoms with Gasteiger partial charge >= 0.3 is 0 Å². The Bertz CT molecular complexity index is 1060. The van der Waals surface area contributed by atoms with E-state index in [0.29, 0.717) is 22.5 Å². The summed E-state index contributed by atoms with van der Waals surface area (Å²) < 4.78 is 11.1. The third-order valence-electron chi connectivity index (χ3n) is 5.11. The van der Waals surface area contributed by atoms with Crippen molar-refractivity contribution >= 4 is 23.2 Å². The number of likely N-dealkylation sites (tertiary alicyclic amines) is 1. The molecule has 0 unspecified atom stereocenters. The van der Waals surface area contributed by atoms with Crippen LogP contribution in [0.4, 0.5) is 5.69 Å². The Kier molecular flexibility index (Phi) is 6.13. The maximum atomic E-state index is 11.5. The fourth-order valence-corrected chi connectivity index (χ4v) is 3.78. The first-order chi connectivity index (χ1) is 14.9. The normalized spacial score (nSPS) is 16.0. The summed E-state index contributed by atoms with van der Waals surface area (Å²) in [5.41, 5.74) is 2.57. The van der Waals surface area contributed by atoms with E-state index in [1.54, 1.807) is 13.0 Å². The number of halogens is 1. The van der Waals surface area contributed by atoms with Gasteiger partial charge in [0.2, 0.25) is 11.7 Å². The van der Waals surface area contributed by atoms with Gasteiger partial charge in [-0.15, -0.1) is 0 Å². The molecule has 1 aliphatic heterocycles. The summed E-state index contributed by atoms with van der Waals surface area (Å²) in [5, 5.41) is 8.06. The van der Waals surface area contributed by atoms with Crippen LogP contribution in [0, 0.1) is 0 Å². The van der Waals surface area contributed by atoms with Gasteiger partial charge in [0.1, 0.15) is 5.75 Å². The Labute approximate surface area is 186 Å². The number of amides is 1. The fraction of sp³-hybridized carbons (Fsp3) is 0.348. The number of anilines is 1. The highest BCUT2D eigenvalue weighted by atomic mass is 35.5. The maximum Gasteiger partial charge on any atom is 0.258 e. The van der Waals surface area contributed by atoms with Gasteiger partial charge in [-0.05, 0) is 62.7 Å². The number of carbonyl (C=O) groups excluding carboxylic acids is 1. The van der Waals surface area contributed by atoms with Crippen LogP contribution in [0.2, 0.25) is 5.02 Å². The molecule has 1 aromatic heterocycles. The van der Waals surface area contributed by atoms with Crippen LogP contribution in [0.1, 0.15) is 27.2 Å². The van der Waals surface area contributed by atoms with Gasteiger partial charge in [-0.3, -0.25) is 4.79 Å². The van der Waals surface area contributed by atoms with Gasteiger partial charge in [0.05, 0.1) is 11.1 Å². The van der Waals surface area contributed by atoms with Crippen molar-refractivity contribution in [2.45, 2.75) is 39.3 Å². The van der Waals surface area contributed by atoms with E-state index in [0.717, 1.165) is 36.3 Å². The zero-order valence-electron chi connectivity index (χ0n) is 17.8. The third-order valence-corrected chi connectivity index (χ3v) is 5.41. The predicted octanol–water partition coefficient (Wildman–Crippen LogP) is 4.88. The molecule has 2 aromatic carbocycles. The zero-order chi connectivity index (χ0) is 22.0. The number of benzene rings is 2. The van der Waals surface area contributed by atoms with Crippen molar-refractivity contribution in [3.8, 4) is 28.6 Å². The van der Waals surface area contributed by atoms with Gasteiger partial charge in [0, 0.05) is 42.9 Å². The van der Waals surface area contributed by atoms with Crippen LogP contribution in [0.15, 0.2) is 47.0 Å². The minimum Gasteiger partial charge on any atom is -0.489 e. The summed E-state index contributed by atoms with van der Waals surface area (Å²) in [6, 6.07) is 13.5. The van der Waals surface area contributed by atoms with Gasteiger partial charge in [-0.1, -0.05) is 16.8 Å². The highest BCUT2D eigenvalue weighted by molar-refractivity contribution is 6.32. The summed E-state index contributed by atoms with van der Waals surface area (Å²) >= 11 is 6.32. The Morgan fingerprint density at radius 3 is 2.61 bits per heavy atom. The first kappa shape index (κ1) is 21.2. The van der Waals surface area contributed by atoms with Crippen LogP contribution in [0.25, 0.3) is 22.8 Å². The largest absolute Gasteiger partial charge is 0.489 e. The Morgan fingerprint density at radius 2 is 1.97 bits per heavy atom. The van der Waals surface area contributed by atoms with E-state index >= 15 is 0 Å². The molecule has 7 nitrogen and oxygen atoms in total. The van der Waals surface area contributed by atoms with Crippen LogP contribution in [-0.4, -0.2) is 46.2 Å². The number of aromatic nitrogens is 2. The van der Waals surface area contributed by atoms with Crippen molar-refractivity contribution in [3.05, 3.63) is 47.5 Å². The second-order valence-electron chi connectivity index (χ2n) is 7.91. The molecule has 1 fully saturated rings. The lowest BCUT2D eigenvalue weighted by Crippen LogP contribution is -2.29. The molecule has 162 valence electrons. The molecule has 1 saturated heterocycles. The smallest absolute Gasteiger partial charge is 0.258 e. The van der Waals surface area contributed by atoms with E-state index in [2.05, 4.69) is 15.5 Å². The van der Waals surface area contributed by atoms with Gasteiger partial charge in [0.25, 0.3) is 5.89 Å². The molecule has 0 radical (unpaired) electrons. The monoisotopic (exact) mass is 440 g/mol. The van der Waals surface area contributed by atoms with Crippen molar-refractivity contribution in [1.29, 1.82) is 0 Å². The molecular weight excluding hydrogens is 416 g/mol. The summed E-state index contributed by atoms with van der Waals surface area (Å²) in [7, 11) is 0. The molecule has 2 heterocycles. The van der Waals surface area contributed by atoms with Crippen LogP contribution < -0.4 is 10.1 Å². The molecule has 0 spiro atoms. The third kappa shape index (κ3) is 4.99. The molecule has 3 aromatic rings. The number of carbonyl (C=O) groups is 1. The molecule has 1 amide bonds. The van der Waals surface area contributed by atoms with E-state index in [-0.39, 0.29) is 18.1 Å². The van der Waals surface area contributed by atoms with Crippen LogP contribution in [-0.2, 0) is 4.79 Å². The lowest BCUT2D eigenvalue weighted by Gasteiger charge is -2.16.